The van der Waals surface area contributed by atoms with Gasteiger partial charge in [0.05, 0.1) is 11.7 Å². The van der Waals surface area contributed by atoms with Gasteiger partial charge in [0.25, 0.3) is 5.91 Å². The molecule has 1 saturated heterocycles. The van der Waals surface area contributed by atoms with Gasteiger partial charge in [-0.05, 0) is 17.7 Å². The molecule has 3 rings (SSSR count). The number of β-amino-alcohol motifs (C(OH)–C–C–N with tert-alkyl or cyclic N) is 1. The van der Waals surface area contributed by atoms with Gasteiger partial charge in [0, 0.05) is 24.7 Å². The zero-order valence-electron chi connectivity index (χ0n) is 11.8. The van der Waals surface area contributed by atoms with Gasteiger partial charge in [-0.2, -0.15) is 0 Å². The summed E-state index contributed by atoms with van der Waals surface area (Å²) in [5, 5.41) is 11.9. The minimum absolute atomic E-state index is 0.0960. The molecule has 1 amide bonds. The van der Waals surface area contributed by atoms with E-state index in [1.165, 1.54) is 6.20 Å². The van der Waals surface area contributed by atoms with Crippen molar-refractivity contribution in [3.05, 3.63) is 41.2 Å². The third kappa shape index (κ3) is 2.61. The molecule has 1 N–H and O–H groups in total. The Kier molecular flexibility index (Phi) is 3.83. The van der Waals surface area contributed by atoms with Crippen molar-refractivity contribution in [3.8, 4) is 0 Å². The fraction of sp³-hybridized carbons (Fsp3) is 0.375. The van der Waals surface area contributed by atoms with Crippen LogP contribution in [0.5, 0.6) is 0 Å². The number of pyridine rings is 1. The summed E-state index contributed by atoms with van der Waals surface area (Å²) in [5.74, 6) is 0.135. The molecule has 0 saturated carbocycles. The van der Waals surface area contributed by atoms with E-state index in [2.05, 4.69) is 4.98 Å². The molecule has 0 bridgehead atoms. The second-order valence-corrected chi connectivity index (χ2v) is 5.95. The maximum atomic E-state index is 12.7. The predicted octanol–water partition coefficient (Wildman–Crippen LogP) is 2.73. The van der Waals surface area contributed by atoms with Crippen LogP contribution in [0.25, 0.3) is 10.8 Å². The van der Waals surface area contributed by atoms with Crippen molar-refractivity contribution in [1.29, 1.82) is 0 Å². The van der Waals surface area contributed by atoms with E-state index in [-0.39, 0.29) is 11.8 Å². The molecule has 0 aliphatic carbocycles. The lowest BCUT2D eigenvalue weighted by atomic mass is 9.95. The van der Waals surface area contributed by atoms with Crippen molar-refractivity contribution in [3.63, 3.8) is 0 Å². The molecule has 2 aromatic rings. The fourth-order valence-electron chi connectivity index (χ4n) is 2.73. The second-order valence-electron chi connectivity index (χ2n) is 5.59. The Balaban J connectivity index is 1.97. The zero-order valence-corrected chi connectivity index (χ0v) is 12.5. The minimum Gasteiger partial charge on any atom is -0.391 e. The minimum atomic E-state index is -0.464. The summed E-state index contributed by atoms with van der Waals surface area (Å²) >= 11 is 6.09. The SMILES string of the molecule is CC1CCN(C(=O)c2cnc(Cl)c3ccccc23)CC1O. The molecule has 1 fully saturated rings. The summed E-state index contributed by atoms with van der Waals surface area (Å²) in [4.78, 5) is 18.5. The highest BCUT2D eigenvalue weighted by Crippen LogP contribution is 2.26. The normalized spacial score (nSPS) is 22.5. The van der Waals surface area contributed by atoms with Gasteiger partial charge >= 0.3 is 0 Å². The van der Waals surface area contributed by atoms with Crippen LogP contribution in [0.15, 0.2) is 30.5 Å². The summed E-state index contributed by atoms with van der Waals surface area (Å²) in [6, 6.07) is 7.48. The van der Waals surface area contributed by atoms with Crippen LogP contribution in [0, 0.1) is 5.92 Å². The first-order chi connectivity index (χ1) is 10.1. The van der Waals surface area contributed by atoms with E-state index < -0.39 is 6.10 Å². The Morgan fingerprint density at radius 3 is 2.81 bits per heavy atom. The van der Waals surface area contributed by atoms with Crippen molar-refractivity contribution in [2.24, 2.45) is 5.92 Å². The lowest BCUT2D eigenvalue weighted by Gasteiger charge is -2.34. The molecule has 21 heavy (non-hydrogen) atoms. The molecule has 1 aromatic carbocycles. The van der Waals surface area contributed by atoms with Gasteiger partial charge in [-0.25, -0.2) is 4.98 Å². The number of likely N-dealkylation sites (tertiary alicyclic amines) is 1. The van der Waals surface area contributed by atoms with Gasteiger partial charge in [0.15, 0.2) is 0 Å². The topological polar surface area (TPSA) is 53.4 Å². The number of halogens is 1. The molecular formula is C16H17ClN2O2. The zero-order chi connectivity index (χ0) is 15.0. The van der Waals surface area contributed by atoms with E-state index in [1.807, 2.05) is 31.2 Å². The summed E-state index contributed by atoms with van der Waals surface area (Å²) in [6.45, 7) is 3.04. The van der Waals surface area contributed by atoms with Gasteiger partial charge in [-0.3, -0.25) is 4.79 Å². The predicted molar refractivity (Wildman–Crippen MR) is 82.4 cm³/mol. The maximum Gasteiger partial charge on any atom is 0.256 e. The molecular weight excluding hydrogens is 288 g/mol. The first-order valence-corrected chi connectivity index (χ1v) is 7.46. The number of rotatable bonds is 1. The molecule has 2 atom stereocenters. The smallest absolute Gasteiger partial charge is 0.256 e. The van der Waals surface area contributed by atoms with Crippen LogP contribution in [-0.2, 0) is 0 Å². The second kappa shape index (κ2) is 5.62. The number of hydrogen-bond acceptors (Lipinski definition) is 3. The van der Waals surface area contributed by atoms with Gasteiger partial charge in [0.2, 0.25) is 0 Å². The first-order valence-electron chi connectivity index (χ1n) is 7.08. The first kappa shape index (κ1) is 14.3. The van der Waals surface area contributed by atoms with Crippen molar-refractivity contribution < 1.29 is 9.90 Å². The number of hydrogen-bond donors (Lipinski definition) is 1. The molecule has 1 aliphatic heterocycles. The number of piperidine rings is 1. The van der Waals surface area contributed by atoms with E-state index in [0.29, 0.717) is 23.8 Å². The molecule has 110 valence electrons. The number of aliphatic hydroxyl groups is 1. The highest BCUT2D eigenvalue weighted by Gasteiger charge is 2.28. The molecule has 2 heterocycles. The summed E-state index contributed by atoms with van der Waals surface area (Å²) in [6.07, 6.45) is 1.87. The summed E-state index contributed by atoms with van der Waals surface area (Å²) in [7, 11) is 0. The van der Waals surface area contributed by atoms with E-state index in [0.717, 1.165) is 17.2 Å². The third-order valence-corrected chi connectivity index (χ3v) is 4.48. The van der Waals surface area contributed by atoms with Gasteiger partial charge < -0.3 is 10.0 Å². The lowest BCUT2D eigenvalue weighted by Crippen LogP contribution is -2.45. The van der Waals surface area contributed by atoms with Gasteiger partial charge in [-0.15, -0.1) is 0 Å². The monoisotopic (exact) mass is 304 g/mol. The van der Waals surface area contributed by atoms with E-state index in [9.17, 15) is 9.90 Å². The van der Waals surface area contributed by atoms with E-state index in [4.69, 9.17) is 11.6 Å². The van der Waals surface area contributed by atoms with Gasteiger partial charge in [0.1, 0.15) is 5.15 Å². The number of aromatic nitrogens is 1. The van der Waals surface area contributed by atoms with Crippen LogP contribution in [0.2, 0.25) is 5.15 Å². The van der Waals surface area contributed by atoms with Crippen molar-refractivity contribution >= 4 is 28.3 Å². The fourth-order valence-corrected chi connectivity index (χ4v) is 2.95. The third-order valence-electron chi connectivity index (χ3n) is 4.18. The quantitative estimate of drug-likeness (QED) is 0.824. The average molecular weight is 305 g/mol. The Morgan fingerprint density at radius 2 is 2.10 bits per heavy atom. The molecule has 0 spiro atoms. The molecule has 2 unspecified atom stereocenters. The molecule has 1 aliphatic rings. The van der Waals surface area contributed by atoms with Crippen molar-refractivity contribution in [1.82, 2.24) is 9.88 Å². The van der Waals surface area contributed by atoms with Crippen LogP contribution >= 0.6 is 11.6 Å². The summed E-state index contributed by atoms with van der Waals surface area (Å²) < 4.78 is 0. The standard InChI is InChI=1S/C16H17ClN2O2/c1-10-6-7-19(9-14(10)20)16(21)13-8-18-15(17)12-5-3-2-4-11(12)13/h2-5,8,10,14,20H,6-7,9H2,1H3. The molecule has 5 heteroatoms. The molecule has 1 aromatic heterocycles. The highest BCUT2D eigenvalue weighted by atomic mass is 35.5. The lowest BCUT2D eigenvalue weighted by molar-refractivity contribution is 0.0249. The number of carbonyl (C=O) groups is 1. The average Bonchev–Trinajstić information content (AvgIpc) is 2.50. The molecule has 4 nitrogen and oxygen atoms in total. The Labute approximate surface area is 128 Å². The van der Waals surface area contributed by atoms with Gasteiger partial charge in [-0.1, -0.05) is 42.8 Å². The maximum absolute atomic E-state index is 12.7. The molecule has 0 radical (unpaired) electrons. The number of amides is 1. The van der Waals surface area contributed by atoms with Crippen molar-refractivity contribution in [2.75, 3.05) is 13.1 Å². The number of fused-ring (bicyclic) bond motifs is 1. The summed E-state index contributed by atoms with van der Waals surface area (Å²) in [5.41, 5.74) is 0.539. The van der Waals surface area contributed by atoms with Crippen LogP contribution in [-0.4, -0.2) is 40.1 Å². The van der Waals surface area contributed by atoms with Crippen LogP contribution < -0.4 is 0 Å². The number of carbonyl (C=O) groups excluding carboxylic acids is 1. The Bertz CT molecular complexity index is 689. The highest BCUT2D eigenvalue weighted by molar-refractivity contribution is 6.34. The van der Waals surface area contributed by atoms with E-state index in [1.54, 1.807) is 4.90 Å². The van der Waals surface area contributed by atoms with E-state index >= 15 is 0 Å². The van der Waals surface area contributed by atoms with Crippen LogP contribution in [0.3, 0.4) is 0 Å². The number of aliphatic hydroxyl groups excluding tert-OH is 1. The van der Waals surface area contributed by atoms with Crippen LogP contribution in [0.1, 0.15) is 23.7 Å². The largest absolute Gasteiger partial charge is 0.391 e. The number of nitrogens with zero attached hydrogens (tertiary/aromatic N) is 2. The Morgan fingerprint density at radius 1 is 1.38 bits per heavy atom. The Hall–Kier alpha value is -1.65. The van der Waals surface area contributed by atoms with Crippen LogP contribution in [0.4, 0.5) is 0 Å². The van der Waals surface area contributed by atoms with Crippen molar-refractivity contribution in [2.45, 2.75) is 19.4 Å². The number of benzene rings is 1.